The standard InChI is InChI=1S/C17H14Cl2O4/c1-10(16(20)11-3-6-13(22-2)7-4-11)23-17(21)14-9-12(18)5-8-15(14)19/h3-10H,1-2H3. The average molecular weight is 353 g/mol. The van der Waals surface area contributed by atoms with Crippen molar-refractivity contribution in [3.05, 3.63) is 63.6 Å². The highest BCUT2D eigenvalue weighted by molar-refractivity contribution is 6.35. The Morgan fingerprint density at radius 1 is 1.04 bits per heavy atom. The fraction of sp³-hybridized carbons (Fsp3) is 0.176. The summed E-state index contributed by atoms with van der Waals surface area (Å²) in [5.41, 5.74) is 0.539. The van der Waals surface area contributed by atoms with Gasteiger partial charge in [-0.25, -0.2) is 4.79 Å². The Hall–Kier alpha value is -2.04. The van der Waals surface area contributed by atoms with Gasteiger partial charge < -0.3 is 9.47 Å². The van der Waals surface area contributed by atoms with Crippen molar-refractivity contribution < 1.29 is 19.1 Å². The molecular formula is C17H14Cl2O4. The molecule has 4 nitrogen and oxygen atoms in total. The topological polar surface area (TPSA) is 52.6 Å². The summed E-state index contributed by atoms with van der Waals surface area (Å²) in [7, 11) is 1.54. The van der Waals surface area contributed by atoms with Crippen molar-refractivity contribution in [3.63, 3.8) is 0 Å². The van der Waals surface area contributed by atoms with Crippen LogP contribution in [-0.4, -0.2) is 25.0 Å². The van der Waals surface area contributed by atoms with E-state index in [0.29, 0.717) is 16.3 Å². The zero-order valence-corrected chi connectivity index (χ0v) is 14.0. The summed E-state index contributed by atoms with van der Waals surface area (Å²) in [4.78, 5) is 24.4. The molecule has 0 radical (unpaired) electrons. The fourth-order valence-electron chi connectivity index (χ4n) is 1.92. The number of Topliss-reactive ketones (excluding diaryl/α,β-unsaturated/α-hetero) is 1. The summed E-state index contributed by atoms with van der Waals surface area (Å²) in [5.74, 6) is -0.386. The normalized spacial score (nSPS) is 11.7. The maximum atomic E-state index is 12.3. The van der Waals surface area contributed by atoms with Crippen molar-refractivity contribution in [2.24, 2.45) is 0 Å². The van der Waals surface area contributed by atoms with Crippen LogP contribution >= 0.6 is 23.2 Å². The lowest BCUT2D eigenvalue weighted by atomic mass is 10.1. The molecule has 6 heteroatoms. The number of rotatable bonds is 5. The molecule has 2 rings (SSSR count). The number of hydrogen-bond acceptors (Lipinski definition) is 4. The van der Waals surface area contributed by atoms with Gasteiger partial charge in [-0.1, -0.05) is 23.2 Å². The Labute approximate surface area is 143 Å². The van der Waals surface area contributed by atoms with Crippen LogP contribution in [0.15, 0.2) is 42.5 Å². The average Bonchev–Trinajstić information content (AvgIpc) is 2.56. The Morgan fingerprint density at radius 2 is 1.70 bits per heavy atom. The number of carbonyl (C=O) groups excluding carboxylic acids is 2. The number of methoxy groups -OCH3 is 1. The number of halogens is 2. The van der Waals surface area contributed by atoms with Gasteiger partial charge >= 0.3 is 5.97 Å². The molecule has 2 aromatic rings. The molecule has 0 saturated heterocycles. The van der Waals surface area contributed by atoms with Gasteiger partial charge in [0.2, 0.25) is 5.78 Å². The van der Waals surface area contributed by atoms with Crippen LogP contribution in [0.25, 0.3) is 0 Å². The number of ether oxygens (including phenoxy) is 2. The van der Waals surface area contributed by atoms with Crippen LogP contribution in [-0.2, 0) is 4.74 Å². The molecular weight excluding hydrogens is 339 g/mol. The molecule has 1 atom stereocenters. The van der Waals surface area contributed by atoms with Crippen molar-refractivity contribution in [1.29, 1.82) is 0 Å². The van der Waals surface area contributed by atoms with Crippen molar-refractivity contribution in [3.8, 4) is 5.75 Å². The number of benzene rings is 2. The molecule has 0 aliphatic heterocycles. The van der Waals surface area contributed by atoms with E-state index >= 15 is 0 Å². The van der Waals surface area contributed by atoms with Gasteiger partial charge in [-0.05, 0) is 49.4 Å². The van der Waals surface area contributed by atoms with E-state index in [2.05, 4.69) is 0 Å². The molecule has 120 valence electrons. The summed E-state index contributed by atoms with van der Waals surface area (Å²) < 4.78 is 10.2. The molecule has 0 heterocycles. The molecule has 2 aromatic carbocycles. The van der Waals surface area contributed by atoms with E-state index in [-0.39, 0.29) is 16.4 Å². The van der Waals surface area contributed by atoms with E-state index in [4.69, 9.17) is 32.7 Å². The Bertz CT molecular complexity index is 726. The van der Waals surface area contributed by atoms with Crippen LogP contribution in [0.5, 0.6) is 5.75 Å². The summed E-state index contributed by atoms with van der Waals surface area (Å²) in [6.45, 7) is 1.50. The smallest absolute Gasteiger partial charge is 0.340 e. The number of esters is 1. The van der Waals surface area contributed by atoms with Crippen LogP contribution in [0, 0.1) is 0 Å². The Morgan fingerprint density at radius 3 is 2.30 bits per heavy atom. The Balaban J connectivity index is 2.10. The maximum Gasteiger partial charge on any atom is 0.340 e. The van der Waals surface area contributed by atoms with Gasteiger partial charge in [-0.2, -0.15) is 0 Å². The highest BCUT2D eigenvalue weighted by Gasteiger charge is 2.22. The van der Waals surface area contributed by atoms with Crippen LogP contribution < -0.4 is 4.74 Å². The van der Waals surface area contributed by atoms with Crippen LogP contribution in [0.2, 0.25) is 10.0 Å². The van der Waals surface area contributed by atoms with Gasteiger partial charge in [0.15, 0.2) is 6.10 Å². The minimum absolute atomic E-state index is 0.119. The summed E-state index contributed by atoms with van der Waals surface area (Å²) in [5, 5.41) is 0.569. The van der Waals surface area contributed by atoms with Gasteiger partial charge in [0.05, 0.1) is 17.7 Å². The van der Waals surface area contributed by atoms with E-state index in [1.54, 1.807) is 30.3 Å². The molecule has 0 bridgehead atoms. The first-order chi connectivity index (χ1) is 10.9. The molecule has 0 saturated carbocycles. The van der Waals surface area contributed by atoms with E-state index in [9.17, 15) is 9.59 Å². The van der Waals surface area contributed by atoms with E-state index in [1.807, 2.05) is 0 Å². The van der Waals surface area contributed by atoms with E-state index in [0.717, 1.165) is 0 Å². The first-order valence-corrected chi connectivity index (χ1v) is 7.52. The minimum atomic E-state index is -0.953. The van der Waals surface area contributed by atoms with Crippen LogP contribution in [0.4, 0.5) is 0 Å². The number of carbonyl (C=O) groups is 2. The first kappa shape index (κ1) is 17.3. The van der Waals surface area contributed by atoms with Crippen LogP contribution in [0.1, 0.15) is 27.6 Å². The molecule has 0 spiro atoms. The van der Waals surface area contributed by atoms with Gasteiger partial charge in [0.1, 0.15) is 5.75 Å². The summed E-state index contributed by atoms with van der Waals surface area (Å²) in [6, 6.07) is 11.0. The number of ketones is 1. The molecule has 0 amide bonds. The SMILES string of the molecule is COc1ccc(C(=O)C(C)OC(=O)c2cc(Cl)ccc2Cl)cc1. The quantitative estimate of drug-likeness (QED) is 0.589. The second-order valence-electron chi connectivity index (χ2n) is 4.76. The highest BCUT2D eigenvalue weighted by Crippen LogP contribution is 2.22. The first-order valence-electron chi connectivity index (χ1n) is 6.76. The monoisotopic (exact) mass is 352 g/mol. The molecule has 0 aromatic heterocycles. The predicted molar refractivity (Wildman–Crippen MR) is 88.7 cm³/mol. The van der Waals surface area contributed by atoms with Crippen molar-refractivity contribution in [2.75, 3.05) is 7.11 Å². The lowest BCUT2D eigenvalue weighted by molar-refractivity contribution is 0.0319. The molecule has 0 aliphatic rings. The third-order valence-corrected chi connectivity index (χ3v) is 3.74. The van der Waals surface area contributed by atoms with Gasteiger partial charge in [0, 0.05) is 10.6 Å². The number of hydrogen-bond donors (Lipinski definition) is 0. The molecule has 0 N–H and O–H groups in total. The molecule has 0 aliphatic carbocycles. The molecule has 23 heavy (non-hydrogen) atoms. The van der Waals surface area contributed by atoms with Crippen molar-refractivity contribution >= 4 is 35.0 Å². The zero-order valence-electron chi connectivity index (χ0n) is 12.5. The zero-order chi connectivity index (χ0) is 17.0. The van der Waals surface area contributed by atoms with Gasteiger partial charge in [0.25, 0.3) is 0 Å². The van der Waals surface area contributed by atoms with Gasteiger partial charge in [-0.15, -0.1) is 0 Å². The van der Waals surface area contributed by atoms with Crippen molar-refractivity contribution in [2.45, 2.75) is 13.0 Å². The summed E-state index contributed by atoms with van der Waals surface area (Å²) in [6.07, 6.45) is -0.953. The van der Waals surface area contributed by atoms with Crippen LogP contribution in [0.3, 0.4) is 0 Å². The second-order valence-corrected chi connectivity index (χ2v) is 5.61. The largest absolute Gasteiger partial charge is 0.497 e. The third kappa shape index (κ3) is 4.24. The predicted octanol–water partition coefficient (Wildman–Crippen LogP) is 4.43. The maximum absolute atomic E-state index is 12.3. The Kier molecular flexibility index (Phi) is 5.64. The lowest BCUT2D eigenvalue weighted by Gasteiger charge is -2.13. The lowest BCUT2D eigenvalue weighted by Crippen LogP contribution is -2.24. The fourth-order valence-corrected chi connectivity index (χ4v) is 2.29. The van der Waals surface area contributed by atoms with E-state index in [1.165, 1.54) is 26.2 Å². The second kappa shape index (κ2) is 7.49. The van der Waals surface area contributed by atoms with Crippen molar-refractivity contribution in [1.82, 2.24) is 0 Å². The highest BCUT2D eigenvalue weighted by atomic mass is 35.5. The van der Waals surface area contributed by atoms with Gasteiger partial charge in [-0.3, -0.25) is 4.79 Å². The minimum Gasteiger partial charge on any atom is -0.497 e. The molecule has 0 fully saturated rings. The third-order valence-electron chi connectivity index (χ3n) is 3.18. The van der Waals surface area contributed by atoms with E-state index < -0.39 is 12.1 Å². The summed E-state index contributed by atoms with van der Waals surface area (Å²) >= 11 is 11.8. The molecule has 1 unspecified atom stereocenters.